The van der Waals surface area contributed by atoms with E-state index in [0.29, 0.717) is 23.0 Å². The standard InChI is InChI=1S/H3O4P.H3O4Si.O.Sb/c2*1-5(2,3)4;;/h(H3,1,2,3,4);1-3H;;/q;-1;;+1. The van der Waals surface area contributed by atoms with E-state index in [-0.39, 0.29) is 0 Å². The molecule has 0 aromatic carbocycles. The molecule has 0 unspecified atom stereocenters. The molecule has 0 spiro atoms. The van der Waals surface area contributed by atoms with E-state index in [4.69, 9.17) is 41.4 Å². The van der Waals surface area contributed by atoms with Crippen LogP contribution in [0.5, 0.6) is 0 Å². The molecule has 2 radical (unpaired) electrons. The zero-order valence-electron chi connectivity index (χ0n) is 5.30. The Bertz CT molecular complexity index is 118. The molecule has 0 rings (SSSR count). The van der Waals surface area contributed by atoms with E-state index in [9.17, 15) is 0 Å². The van der Waals surface area contributed by atoms with E-state index < -0.39 is 16.9 Å². The van der Waals surface area contributed by atoms with E-state index in [1.165, 1.54) is 0 Å². The summed E-state index contributed by atoms with van der Waals surface area (Å²) in [4.78, 5) is 52.1. The number of hydrogen-bond donors (Lipinski definition) is 6. The van der Waals surface area contributed by atoms with Crippen LogP contribution in [0.3, 0.4) is 0 Å². The van der Waals surface area contributed by atoms with Gasteiger partial charge in [-0.25, -0.2) is 4.57 Å². The predicted octanol–water partition coefficient (Wildman–Crippen LogP) is -4.67. The van der Waals surface area contributed by atoms with Crippen LogP contribution in [-0.2, 0) is 7.58 Å². The van der Waals surface area contributed by atoms with E-state index >= 15 is 0 Å². The molecule has 12 heavy (non-hydrogen) atoms. The summed E-state index contributed by atoms with van der Waals surface area (Å²) in [5.74, 6) is 0. The summed E-state index contributed by atoms with van der Waals surface area (Å²) in [6, 6.07) is 0. The van der Waals surface area contributed by atoms with Crippen molar-refractivity contribution in [3.05, 3.63) is 0 Å². The molecule has 6 N–H and O–H groups in total. The summed E-state index contributed by atoms with van der Waals surface area (Å²) in [6.07, 6.45) is 0. The zero-order valence-corrected chi connectivity index (χ0v) is 9.75. The first-order chi connectivity index (χ1) is 5.00. The van der Waals surface area contributed by atoms with Gasteiger partial charge in [-0.15, -0.1) is 0 Å². The van der Waals surface area contributed by atoms with Gasteiger partial charge in [-0.3, -0.25) is 0 Å². The Hall–Kier alpha value is 0.785. The molecule has 0 aliphatic heterocycles. The third-order valence-electron chi connectivity index (χ3n) is 0. The van der Waals surface area contributed by atoms with Gasteiger partial charge in [-0.2, -0.15) is 0 Å². The molecule has 0 aromatic rings. The molecule has 0 amide bonds. The second-order valence-corrected chi connectivity index (χ2v) is 3.26. The van der Waals surface area contributed by atoms with Crippen LogP contribution in [0.2, 0.25) is 0 Å². The Morgan fingerprint density at radius 3 is 1.08 bits per heavy atom. The predicted molar refractivity (Wildman–Crippen MR) is 33.1 cm³/mol. The minimum absolute atomic E-state index is 0.500. The minimum atomic E-state index is -4.86. The molecule has 74 valence electrons. The van der Waals surface area contributed by atoms with Crippen LogP contribution in [0.4, 0.5) is 0 Å². The van der Waals surface area contributed by atoms with Gasteiger partial charge in [0.15, 0.2) is 0 Å². The Morgan fingerprint density at radius 1 is 1.08 bits per heavy atom. The summed E-state index contributed by atoms with van der Waals surface area (Å²) in [5.41, 5.74) is 0. The Labute approximate surface area is 81.5 Å². The van der Waals surface area contributed by atoms with Gasteiger partial charge in [-0.1, -0.05) is 0 Å². The van der Waals surface area contributed by atoms with Crippen LogP contribution in [0.25, 0.3) is 0 Å². The topological polar surface area (TPSA) is 179 Å². The average Bonchev–Trinajstić information content (AvgIpc) is 1.59. The monoisotopic (exact) mass is 330 g/mol. The van der Waals surface area contributed by atoms with Gasteiger partial charge < -0.3 is 33.9 Å². The van der Waals surface area contributed by atoms with Crippen molar-refractivity contribution in [2.75, 3.05) is 0 Å². The summed E-state index contributed by atoms with van der Waals surface area (Å²) >= 11 is 0.500. The van der Waals surface area contributed by atoms with Crippen molar-refractivity contribution in [2.45, 2.75) is 0 Å². The van der Waals surface area contributed by atoms with Crippen molar-refractivity contribution in [3.63, 3.8) is 0 Å². The maximum absolute atomic E-state index is 8.91. The van der Waals surface area contributed by atoms with E-state index in [0.717, 1.165) is 0 Å². The van der Waals surface area contributed by atoms with Crippen molar-refractivity contribution < 1.29 is 41.4 Å². The van der Waals surface area contributed by atoms with E-state index in [1.54, 1.807) is 0 Å². The Morgan fingerprint density at radius 2 is 1.08 bits per heavy atom. The fourth-order valence-corrected chi connectivity index (χ4v) is 0. The van der Waals surface area contributed by atoms with Gasteiger partial charge in [0.05, 0.1) is 0 Å². The second-order valence-electron chi connectivity index (χ2n) is 1.09. The summed E-state index contributed by atoms with van der Waals surface area (Å²) in [5, 5.41) is 0. The van der Waals surface area contributed by atoms with Crippen LogP contribution in [0, 0.1) is 0 Å². The third-order valence-corrected chi connectivity index (χ3v) is 0. The zero-order chi connectivity index (χ0) is 11.0. The summed E-state index contributed by atoms with van der Waals surface area (Å²) < 4.78 is 17.2. The van der Waals surface area contributed by atoms with Crippen molar-refractivity contribution >= 4 is 39.9 Å². The van der Waals surface area contributed by atoms with Crippen molar-refractivity contribution in [2.24, 2.45) is 0 Å². The molecule has 9 nitrogen and oxygen atoms in total. The van der Waals surface area contributed by atoms with Gasteiger partial charge in [0.25, 0.3) is 0 Å². The number of hydrogen-bond acceptors (Lipinski definition) is 6. The van der Waals surface area contributed by atoms with Gasteiger partial charge in [0, 0.05) is 0 Å². The summed E-state index contributed by atoms with van der Waals surface area (Å²) in [6.45, 7) is 0. The first-order valence-corrected chi connectivity index (χ1v) is 6.20. The van der Waals surface area contributed by atoms with Crippen LogP contribution in [-0.4, -0.2) is 61.1 Å². The van der Waals surface area contributed by atoms with Crippen molar-refractivity contribution in [3.8, 4) is 0 Å². The van der Waals surface area contributed by atoms with E-state index in [2.05, 4.69) is 0 Å². The molecular formula is H6O9PSbSi. The first kappa shape index (κ1) is 18.5. The first-order valence-electron chi connectivity index (χ1n) is 1.84. The Balaban J connectivity index is -0.000000112. The average molecular weight is 331 g/mol. The Kier molecular flexibility index (Phi) is 13.0. The molecule has 0 fully saturated rings. The fraction of sp³-hybridized carbons (Fsp3) is 0. The van der Waals surface area contributed by atoms with Crippen LogP contribution in [0.15, 0.2) is 0 Å². The molecular weight excluding hydrogens is 325 g/mol. The molecule has 0 aliphatic carbocycles. The maximum atomic E-state index is 8.91. The van der Waals surface area contributed by atoms with Crippen molar-refractivity contribution in [1.29, 1.82) is 0 Å². The van der Waals surface area contributed by atoms with Crippen LogP contribution < -0.4 is 4.80 Å². The van der Waals surface area contributed by atoms with E-state index in [1.807, 2.05) is 0 Å². The SMILES string of the molecule is O=P(O)(O)O.[O-][Si](O)(O)O.[O]=[Sb+]. The molecule has 0 saturated carbocycles. The van der Waals surface area contributed by atoms with Gasteiger partial charge >= 0.3 is 42.9 Å². The van der Waals surface area contributed by atoms with Crippen LogP contribution in [0.1, 0.15) is 0 Å². The van der Waals surface area contributed by atoms with Gasteiger partial charge in [0.2, 0.25) is 0 Å². The molecule has 0 bridgehead atoms. The summed E-state index contributed by atoms with van der Waals surface area (Å²) in [7, 11) is -9.50. The van der Waals surface area contributed by atoms with Crippen LogP contribution >= 0.6 is 7.82 Å². The molecule has 0 aliphatic rings. The molecule has 0 saturated heterocycles. The number of rotatable bonds is 0. The van der Waals surface area contributed by atoms with Gasteiger partial charge in [0.1, 0.15) is 0 Å². The van der Waals surface area contributed by atoms with Crippen molar-refractivity contribution in [1.82, 2.24) is 0 Å². The van der Waals surface area contributed by atoms with Gasteiger partial charge in [-0.05, 0) is 0 Å². The fourth-order valence-electron chi connectivity index (χ4n) is 0. The molecule has 0 heterocycles. The molecule has 0 aromatic heterocycles. The molecule has 0 atom stereocenters. The number of phosphoric acid groups is 1. The normalized spacial score (nSPS) is 10.2. The quantitative estimate of drug-likeness (QED) is 0.188. The molecule has 12 heteroatoms. The second kappa shape index (κ2) is 8.39. The third kappa shape index (κ3) is 1680.